The third-order valence-electron chi connectivity index (χ3n) is 5.09. The predicted molar refractivity (Wildman–Crippen MR) is 124 cm³/mol. The van der Waals surface area contributed by atoms with E-state index < -0.39 is 12.1 Å². The van der Waals surface area contributed by atoms with Gasteiger partial charge in [0.25, 0.3) is 0 Å². The minimum atomic E-state index is -0.927. The number of allylic oxidation sites excluding steroid dienone is 2. The SMILES string of the molecule is CCCCCC/C=C\CCCCCCCCCC(=O)OC(CC(=O)O)C[N+](C)(C)C. The lowest BCUT2D eigenvalue weighted by atomic mass is 10.1. The molecule has 0 saturated carbocycles. The Hall–Kier alpha value is -1.36. The predicted octanol–water partition coefficient (Wildman–Crippen LogP) is 6.12. The molecule has 1 atom stereocenters. The Balaban J connectivity index is 3.63. The van der Waals surface area contributed by atoms with Crippen LogP contribution in [0.5, 0.6) is 0 Å². The summed E-state index contributed by atoms with van der Waals surface area (Å²) in [6.07, 6.45) is 20.2. The zero-order chi connectivity index (χ0) is 22.7. The minimum Gasteiger partial charge on any atom is -0.481 e. The molecule has 30 heavy (non-hydrogen) atoms. The van der Waals surface area contributed by atoms with E-state index in [0.717, 1.165) is 19.3 Å². The molecule has 176 valence electrons. The molecule has 0 fully saturated rings. The van der Waals surface area contributed by atoms with Crippen molar-refractivity contribution < 1.29 is 23.9 Å². The molecule has 0 amide bonds. The highest BCUT2D eigenvalue weighted by Gasteiger charge is 2.24. The summed E-state index contributed by atoms with van der Waals surface area (Å²) in [5.41, 5.74) is 0. The van der Waals surface area contributed by atoms with Gasteiger partial charge in [0, 0.05) is 6.42 Å². The van der Waals surface area contributed by atoms with Gasteiger partial charge in [0.05, 0.1) is 27.6 Å². The zero-order valence-corrected chi connectivity index (χ0v) is 20.2. The summed E-state index contributed by atoms with van der Waals surface area (Å²) in [5, 5.41) is 9.01. The number of ether oxygens (including phenoxy) is 1. The number of likely N-dealkylation sites (N-methyl/N-ethyl adjacent to an activating group) is 1. The molecule has 1 unspecified atom stereocenters. The van der Waals surface area contributed by atoms with Crippen LogP contribution in [0.1, 0.15) is 103 Å². The van der Waals surface area contributed by atoms with Crippen LogP contribution >= 0.6 is 0 Å². The minimum absolute atomic E-state index is 0.130. The number of unbranched alkanes of at least 4 members (excludes halogenated alkanes) is 11. The molecule has 0 aromatic heterocycles. The van der Waals surface area contributed by atoms with Crippen LogP contribution in [0.2, 0.25) is 0 Å². The molecule has 0 heterocycles. The topological polar surface area (TPSA) is 63.6 Å². The van der Waals surface area contributed by atoms with Gasteiger partial charge in [0.2, 0.25) is 0 Å². The Morgan fingerprint density at radius 3 is 1.83 bits per heavy atom. The summed E-state index contributed by atoms with van der Waals surface area (Å²) in [6.45, 7) is 2.75. The molecule has 0 aromatic carbocycles. The number of aliphatic carboxylic acids is 1. The van der Waals surface area contributed by atoms with Crippen molar-refractivity contribution in [3.05, 3.63) is 12.2 Å². The van der Waals surface area contributed by atoms with Crippen LogP contribution in [-0.4, -0.2) is 55.3 Å². The standard InChI is InChI=1S/C25H47NO4/c1-5-6-7-8-9-10-11-12-13-14-15-16-17-18-19-20-25(29)30-23(21-24(27)28)22-26(2,3)4/h10-11,23H,5-9,12-22H2,1-4H3/p+1/b11-10-. The maximum absolute atomic E-state index is 12.0. The lowest BCUT2D eigenvalue weighted by Gasteiger charge is -2.28. The number of quaternary nitrogens is 1. The maximum atomic E-state index is 12.0. The fourth-order valence-corrected chi connectivity index (χ4v) is 3.53. The molecule has 0 bridgehead atoms. The van der Waals surface area contributed by atoms with Crippen molar-refractivity contribution in [2.75, 3.05) is 27.7 Å². The number of hydrogen-bond acceptors (Lipinski definition) is 3. The molecule has 0 aromatic rings. The average Bonchev–Trinajstić information content (AvgIpc) is 2.63. The number of carbonyl (C=O) groups excluding carboxylic acids is 1. The van der Waals surface area contributed by atoms with Crippen LogP contribution in [0.4, 0.5) is 0 Å². The van der Waals surface area contributed by atoms with Gasteiger partial charge in [-0.15, -0.1) is 0 Å². The monoisotopic (exact) mass is 426 g/mol. The van der Waals surface area contributed by atoms with E-state index in [2.05, 4.69) is 19.1 Å². The van der Waals surface area contributed by atoms with E-state index in [1.807, 2.05) is 21.1 Å². The van der Waals surface area contributed by atoms with Gasteiger partial charge in [-0.25, -0.2) is 0 Å². The third-order valence-corrected chi connectivity index (χ3v) is 5.09. The molecule has 5 heteroatoms. The summed E-state index contributed by atoms with van der Waals surface area (Å²) < 4.78 is 5.98. The second kappa shape index (κ2) is 18.4. The highest BCUT2D eigenvalue weighted by Crippen LogP contribution is 2.12. The van der Waals surface area contributed by atoms with Gasteiger partial charge in [0.1, 0.15) is 6.54 Å². The van der Waals surface area contributed by atoms with Crippen LogP contribution in [0.25, 0.3) is 0 Å². The summed E-state index contributed by atoms with van der Waals surface area (Å²) in [4.78, 5) is 23.0. The number of hydrogen-bond donors (Lipinski definition) is 1. The number of nitrogens with zero attached hydrogens (tertiary/aromatic N) is 1. The Kier molecular flexibility index (Phi) is 17.6. The van der Waals surface area contributed by atoms with Gasteiger partial charge in [0.15, 0.2) is 6.10 Å². The number of carboxylic acid groups (broad SMARTS) is 1. The Labute approximate surface area is 185 Å². The molecule has 0 spiro atoms. The highest BCUT2D eigenvalue weighted by atomic mass is 16.5. The van der Waals surface area contributed by atoms with E-state index in [4.69, 9.17) is 9.84 Å². The van der Waals surface area contributed by atoms with Gasteiger partial charge in [-0.3, -0.25) is 9.59 Å². The van der Waals surface area contributed by atoms with Crippen LogP contribution in [0, 0.1) is 0 Å². The molecule has 1 N–H and O–H groups in total. The maximum Gasteiger partial charge on any atom is 0.307 e. The first-order valence-electron chi connectivity index (χ1n) is 12.1. The average molecular weight is 427 g/mol. The second-order valence-electron chi connectivity index (χ2n) is 9.52. The first kappa shape index (κ1) is 28.6. The number of carboxylic acids is 1. The third kappa shape index (κ3) is 21.4. The second-order valence-corrected chi connectivity index (χ2v) is 9.52. The molecule has 0 rings (SSSR count). The van der Waals surface area contributed by atoms with Crippen LogP contribution in [0.15, 0.2) is 12.2 Å². The van der Waals surface area contributed by atoms with E-state index in [9.17, 15) is 9.59 Å². The van der Waals surface area contributed by atoms with Crippen LogP contribution < -0.4 is 0 Å². The fraction of sp³-hybridized carbons (Fsp3) is 0.840. The van der Waals surface area contributed by atoms with Gasteiger partial charge >= 0.3 is 11.9 Å². The smallest absolute Gasteiger partial charge is 0.307 e. The Morgan fingerprint density at radius 2 is 1.33 bits per heavy atom. The van der Waals surface area contributed by atoms with Gasteiger partial charge in [-0.1, -0.05) is 70.4 Å². The van der Waals surface area contributed by atoms with Crippen molar-refractivity contribution in [3.63, 3.8) is 0 Å². The van der Waals surface area contributed by atoms with E-state index >= 15 is 0 Å². The Morgan fingerprint density at radius 1 is 0.833 bits per heavy atom. The molecule has 0 saturated heterocycles. The van der Waals surface area contributed by atoms with Crippen molar-refractivity contribution in [1.29, 1.82) is 0 Å². The van der Waals surface area contributed by atoms with E-state index in [-0.39, 0.29) is 12.4 Å². The Bertz CT molecular complexity index is 468. The van der Waals surface area contributed by atoms with Gasteiger partial charge in [-0.05, 0) is 32.1 Å². The summed E-state index contributed by atoms with van der Waals surface area (Å²) in [6, 6.07) is 0. The van der Waals surface area contributed by atoms with Gasteiger partial charge < -0.3 is 14.3 Å². The van der Waals surface area contributed by atoms with Crippen molar-refractivity contribution in [1.82, 2.24) is 0 Å². The number of esters is 1. The first-order valence-corrected chi connectivity index (χ1v) is 12.1. The quantitative estimate of drug-likeness (QED) is 0.110. The molecule has 0 aliphatic carbocycles. The van der Waals surface area contributed by atoms with Crippen molar-refractivity contribution in [2.24, 2.45) is 0 Å². The number of rotatable bonds is 20. The lowest BCUT2D eigenvalue weighted by Crippen LogP contribution is -2.43. The molecule has 5 nitrogen and oxygen atoms in total. The fourth-order valence-electron chi connectivity index (χ4n) is 3.53. The lowest BCUT2D eigenvalue weighted by molar-refractivity contribution is -0.873. The summed E-state index contributed by atoms with van der Waals surface area (Å²) in [5.74, 6) is -1.19. The largest absolute Gasteiger partial charge is 0.481 e. The molecule has 0 radical (unpaired) electrons. The summed E-state index contributed by atoms with van der Waals surface area (Å²) >= 11 is 0. The van der Waals surface area contributed by atoms with Crippen molar-refractivity contribution >= 4 is 11.9 Å². The zero-order valence-electron chi connectivity index (χ0n) is 20.2. The molecular formula is C25H48NO4+. The van der Waals surface area contributed by atoms with Crippen LogP contribution in [0.3, 0.4) is 0 Å². The molecule has 0 aliphatic heterocycles. The normalized spacial score (nSPS) is 12.9. The van der Waals surface area contributed by atoms with E-state index in [1.165, 1.54) is 64.2 Å². The molecule has 0 aliphatic rings. The van der Waals surface area contributed by atoms with Crippen molar-refractivity contribution in [2.45, 2.75) is 109 Å². The van der Waals surface area contributed by atoms with Crippen molar-refractivity contribution in [3.8, 4) is 0 Å². The first-order chi connectivity index (χ1) is 14.2. The van der Waals surface area contributed by atoms with Gasteiger partial charge in [-0.2, -0.15) is 0 Å². The highest BCUT2D eigenvalue weighted by molar-refractivity contribution is 5.71. The van der Waals surface area contributed by atoms with E-state index in [1.54, 1.807) is 0 Å². The summed E-state index contributed by atoms with van der Waals surface area (Å²) in [7, 11) is 5.90. The molecular weight excluding hydrogens is 378 g/mol. The van der Waals surface area contributed by atoms with Crippen LogP contribution in [-0.2, 0) is 14.3 Å². The van der Waals surface area contributed by atoms with E-state index in [0.29, 0.717) is 17.4 Å². The number of carbonyl (C=O) groups is 2.